The molecule has 0 saturated carbocycles. The first-order valence-electron chi connectivity index (χ1n) is 6.70. The molecule has 0 spiro atoms. The number of pyridine rings is 1. The molecule has 0 aliphatic carbocycles. The largest absolute Gasteiger partial charge is 0.368 e. The number of ether oxygens (including phenoxy) is 1. The van der Waals surface area contributed by atoms with Crippen LogP contribution < -0.4 is 10.6 Å². The minimum absolute atomic E-state index is 0.000361. The fourth-order valence-corrected chi connectivity index (χ4v) is 2.38. The van der Waals surface area contributed by atoms with E-state index >= 15 is 0 Å². The summed E-state index contributed by atoms with van der Waals surface area (Å²) >= 11 is 0. The van der Waals surface area contributed by atoms with Crippen LogP contribution in [0.1, 0.15) is 18.4 Å². The molecule has 0 aromatic carbocycles. The highest BCUT2D eigenvalue weighted by molar-refractivity contribution is 5.85. The Morgan fingerprint density at radius 1 is 1.53 bits per heavy atom. The van der Waals surface area contributed by atoms with Crippen molar-refractivity contribution in [2.24, 2.45) is 0 Å². The zero-order chi connectivity index (χ0) is 13.6. The molecule has 1 aromatic rings. The highest BCUT2D eigenvalue weighted by atomic mass is 16.5. The fourth-order valence-electron chi connectivity index (χ4n) is 2.38. The van der Waals surface area contributed by atoms with E-state index in [-0.39, 0.29) is 5.91 Å². The van der Waals surface area contributed by atoms with E-state index in [1.165, 1.54) is 0 Å². The molecule has 0 bridgehead atoms. The van der Waals surface area contributed by atoms with Crippen LogP contribution in [0.25, 0.3) is 0 Å². The molecular weight excluding hydrogens is 242 g/mol. The molecule has 1 amide bonds. The van der Waals surface area contributed by atoms with Gasteiger partial charge in [-0.1, -0.05) is 6.07 Å². The first-order chi connectivity index (χ1) is 9.27. The summed E-state index contributed by atoms with van der Waals surface area (Å²) in [6, 6.07) is 3.91. The maximum atomic E-state index is 12.3. The molecule has 0 radical (unpaired) electrons. The predicted octanol–water partition coefficient (Wildman–Crippen LogP) is 0.509. The average Bonchev–Trinajstić information content (AvgIpc) is 2.49. The van der Waals surface area contributed by atoms with Crippen LogP contribution in [0.4, 0.5) is 0 Å². The molecule has 0 unspecified atom stereocenters. The molecule has 1 fully saturated rings. The molecule has 2 N–H and O–H groups in total. The van der Waals surface area contributed by atoms with Crippen LogP contribution in [0.5, 0.6) is 0 Å². The number of hydrogen-bond acceptors (Lipinski definition) is 4. The van der Waals surface area contributed by atoms with E-state index < -0.39 is 5.60 Å². The van der Waals surface area contributed by atoms with Gasteiger partial charge in [0.1, 0.15) is 5.60 Å². The molecule has 5 nitrogen and oxygen atoms in total. The minimum Gasteiger partial charge on any atom is -0.368 e. The van der Waals surface area contributed by atoms with Gasteiger partial charge in [0, 0.05) is 26.0 Å². The van der Waals surface area contributed by atoms with E-state index in [9.17, 15) is 4.79 Å². The van der Waals surface area contributed by atoms with Crippen molar-refractivity contribution in [3.63, 3.8) is 0 Å². The van der Waals surface area contributed by atoms with Crippen LogP contribution in [-0.2, 0) is 16.0 Å². The van der Waals surface area contributed by atoms with Gasteiger partial charge in [-0.2, -0.15) is 0 Å². The Kier molecular flexibility index (Phi) is 4.87. The van der Waals surface area contributed by atoms with Crippen LogP contribution >= 0.6 is 0 Å². The van der Waals surface area contributed by atoms with Gasteiger partial charge in [-0.25, -0.2) is 0 Å². The Balaban J connectivity index is 1.83. The van der Waals surface area contributed by atoms with Crippen molar-refractivity contribution in [3.05, 3.63) is 30.1 Å². The lowest BCUT2D eigenvalue weighted by Gasteiger charge is -2.34. The van der Waals surface area contributed by atoms with Crippen molar-refractivity contribution >= 4 is 5.91 Å². The molecule has 1 aromatic heterocycles. The Labute approximate surface area is 113 Å². The number of nitrogens with zero attached hydrogens (tertiary/aromatic N) is 1. The number of piperidine rings is 1. The Hall–Kier alpha value is -1.46. The van der Waals surface area contributed by atoms with Gasteiger partial charge in [-0.15, -0.1) is 0 Å². The summed E-state index contributed by atoms with van der Waals surface area (Å²) < 4.78 is 5.48. The van der Waals surface area contributed by atoms with Crippen LogP contribution in [0.2, 0.25) is 0 Å². The van der Waals surface area contributed by atoms with Crippen molar-refractivity contribution in [1.29, 1.82) is 0 Å². The van der Waals surface area contributed by atoms with Gasteiger partial charge in [0.05, 0.1) is 0 Å². The third-order valence-corrected chi connectivity index (χ3v) is 3.64. The van der Waals surface area contributed by atoms with Crippen LogP contribution in [0, 0.1) is 0 Å². The van der Waals surface area contributed by atoms with E-state index in [1.54, 1.807) is 13.3 Å². The zero-order valence-electron chi connectivity index (χ0n) is 11.3. The molecule has 1 aliphatic heterocycles. The number of carbonyl (C=O) groups is 1. The highest BCUT2D eigenvalue weighted by Gasteiger charge is 2.39. The van der Waals surface area contributed by atoms with E-state index in [4.69, 9.17) is 4.74 Å². The molecular formula is C14H21N3O2. The van der Waals surface area contributed by atoms with Gasteiger partial charge >= 0.3 is 0 Å². The van der Waals surface area contributed by atoms with Gasteiger partial charge in [0.2, 0.25) is 0 Å². The standard InChI is InChI=1S/C14H21N3O2/c1-19-14(5-9-15-10-6-14)13(18)17-8-4-12-3-2-7-16-11-12/h2-3,7,11,15H,4-6,8-10H2,1H3,(H,17,18). The number of rotatable bonds is 5. The lowest BCUT2D eigenvalue weighted by molar-refractivity contribution is -0.146. The molecule has 0 atom stereocenters. The first kappa shape index (κ1) is 14.0. The molecule has 1 saturated heterocycles. The third kappa shape index (κ3) is 3.52. The SMILES string of the molecule is COC1(C(=O)NCCc2cccnc2)CCNCC1. The van der Waals surface area contributed by atoms with Gasteiger partial charge in [0.15, 0.2) is 0 Å². The number of amides is 1. The summed E-state index contributed by atoms with van der Waals surface area (Å²) in [5.74, 6) is 0.000361. The van der Waals surface area contributed by atoms with Crippen molar-refractivity contribution in [1.82, 2.24) is 15.6 Å². The van der Waals surface area contributed by atoms with E-state index in [0.29, 0.717) is 6.54 Å². The summed E-state index contributed by atoms with van der Waals surface area (Å²) in [6.07, 6.45) is 5.81. The molecule has 2 heterocycles. The van der Waals surface area contributed by atoms with Crippen LogP contribution in [0.3, 0.4) is 0 Å². The molecule has 1 aliphatic rings. The minimum atomic E-state index is -0.653. The Morgan fingerprint density at radius 3 is 2.95 bits per heavy atom. The zero-order valence-corrected chi connectivity index (χ0v) is 11.3. The Bertz CT molecular complexity index is 402. The van der Waals surface area contributed by atoms with Crippen molar-refractivity contribution in [3.8, 4) is 0 Å². The summed E-state index contributed by atoms with van der Waals surface area (Å²) in [4.78, 5) is 16.3. The van der Waals surface area contributed by atoms with Gasteiger partial charge in [0.25, 0.3) is 5.91 Å². The monoisotopic (exact) mass is 263 g/mol. The van der Waals surface area contributed by atoms with E-state index in [2.05, 4.69) is 15.6 Å². The first-order valence-corrected chi connectivity index (χ1v) is 6.70. The van der Waals surface area contributed by atoms with E-state index in [1.807, 2.05) is 18.3 Å². The number of aromatic nitrogens is 1. The number of hydrogen-bond donors (Lipinski definition) is 2. The van der Waals surface area contributed by atoms with Gasteiger partial charge in [-0.05, 0) is 44.0 Å². The number of methoxy groups -OCH3 is 1. The van der Waals surface area contributed by atoms with Crippen LogP contribution in [-0.4, -0.2) is 43.2 Å². The van der Waals surface area contributed by atoms with Gasteiger partial charge < -0.3 is 15.4 Å². The van der Waals surface area contributed by atoms with Crippen molar-refractivity contribution in [2.45, 2.75) is 24.9 Å². The lowest BCUT2D eigenvalue weighted by Crippen LogP contribution is -2.54. The molecule has 19 heavy (non-hydrogen) atoms. The quantitative estimate of drug-likeness (QED) is 0.812. The highest BCUT2D eigenvalue weighted by Crippen LogP contribution is 2.22. The Morgan fingerprint density at radius 2 is 2.32 bits per heavy atom. The van der Waals surface area contributed by atoms with Crippen molar-refractivity contribution < 1.29 is 9.53 Å². The normalized spacial score (nSPS) is 17.9. The van der Waals surface area contributed by atoms with Crippen LogP contribution in [0.15, 0.2) is 24.5 Å². The second-order valence-corrected chi connectivity index (χ2v) is 4.82. The molecule has 104 valence electrons. The van der Waals surface area contributed by atoms with Crippen molar-refractivity contribution in [2.75, 3.05) is 26.7 Å². The molecule has 5 heteroatoms. The second-order valence-electron chi connectivity index (χ2n) is 4.82. The van der Waals surface area contributed by atoms with Gasteiger partial charge in [-0.3, -0.25) is 9.78 Å². The summed E-state index contributed by atoms with van der Waals surface area (Å²) in [6.45, 7) is 2.26. The smallest absolute Gasteiger partial charge is 0.252 e. The maximum Gasteiger partial charge on any atom is 0.252 e. The number of carbonyl (C=O) groups excluding carboxylic acids is 1. The second kappa shape index (κ2) is 6.63. The summed E-state index contributed by atoms with van der Waals surface area (Å²) in [5, 5.41) is 6.22. The lowest BCUT2D eigenvalue weighted by atomic mass is 9.91. The maximum absolute atomic E-state index is 12.3. The topological polar surface area (TPSA) is 63.2 Å². The average molecular weight is 263 g/mol. The fraction of sp³-hybridized carbons (Fsp3) is 0.571. The molecule has 2 rings (SSSR count). The predicted molar refractivity (Wildman–Crippen MR) is 72.8 cm³/mol. The summed E-state index contributed by atoms with van der Waals surface area (Å²) in [5.41, 5.74) is 0.472. The van der Waals surface area contributed by atoms with E-state index in [0.717, 1.165) is 37.9 Å². The third-order valence-electron chi connectivity index (χ3n) is 3.64. The summed E-state index contributed by atoms with van der Waals surface area (Å²) in [7, 11) is 1.62. The number of nitrogens with one attached hydrogen (secondary N) is 2.